The van der Waals surface area contributed by atoms with Crippen molar-refractivity contribution in [2.45, 2.75) is 63.5 Å². The largest absolute Gasteiger partial charge is 0.371 e. The maximum atomic E-state index is 13.9. The number of thiazole rings is 1. The van der Waals surface area contributed by atoms with E-state index in [-0.39, 0.29) is 25.0 Å². The fourth-order valence-corrected chi connectivity index (χ4v) is 8.22. The van der Waals surface area contributed by atoms with Crippen LogP contribution in [0.1, 0.15) is 43.7 Å². The van der Waals surface area contributed by atoms with E-state index < -0.39 is 15.6 Å². The number of aromatic nitrogens is 1. The number of benzene rings is 2. The predicted molar refractivity (Wildman–Crippen MR) is 164 cm³/mol. The number of rotatable bonds is 8. The van der Waals surface area contributed by atoms with Crippen LogP contribution in [0.4, 0.5) is 5.69 Å². The molecule has 220 valence electrons. The summed E-state index contributed by atoms with van der Waals surface area (Å²) < 4.78 is 36.0. The number of amides is 1. The SMILES string of the molecule is Cc1ccc(S(=O)(=O)N2C[C@@]3(CCCN(CC(=O)Nc4cccc(-c5csc(C)n5)c4)C3)OC[C@@H]2CC(C)C)cc1. The summed E-state index contributed by atoms with van der Waals surface area (Å²) in [6.45, 7) is 10.3. The molecule has 3 heterocycles. The lowest BCUT2D eigenvalue weighted by Gasteiger charge is -2.50. The minimum atomic E-state index is -3.70. The average molecular weight is 597 g/mol. The molecule has 0 aliphatic carbocycles. The van der Waals surface area contributed by atoms with Crippen LogP contribution in [0.15, 0.2) is 58.8 Å². The van der Waals surface area contributed by atoms with Crippen LogP contribution in [-0.4, -0.2) is 72.9 Å². The Kier molecular flexibility index (Phi) is 8.96. The van der Waals surface area contributed by atoms with E-state index in [1.165, 1.54) is 0 Å². The van der Waals surface area contributed by atoms with E-state index in [0.29, 0.717) is 24.0 Å². The number of likely N-dealkylation sites (tertiary alicyclic amines) is 1. The van der Waals surface area contributed by atoms with E-state index in [1.807, 2.05) is 55.6 Å². The second-order valence-electron chi connectivity index (χ2n) is 11.8. The first-order valence-corrected chi connectivity index (χ1v) is 16.6. The smallest absolute Gasteiger partial charge is 0.243 e. The third-order valence-electron chi connectivity index (χ3n) is 7.85. The fourth-order valence-electron chi connectivity index (χ4n) is 5.90. The van der Waals surface area contributed by atoms with Crippen molar-refractivity contribution >= 4 is 33.0 Å². The quantitative estimate of drug-likeness (QED) is 0.378. The number of sulfonamides is 1. The molecule has 1 spiro atoms. The molecular weight excluding hydrogens is 556 g/mol. The van der Waals surface area contributed by atoms with Crippen LogP contribution < -0.4 is 5.32 Å². The predicted octanol–water partition coefficient (Wildman–Crippen LogP) is 5.34. The van der Waals surface area contributed by atoms with Gasteiger partial charge in [0.15, 0.2) is 0 Å². The molecule has 1 amide bonds. The van der Waals surface area contributed by atoms with Crippen molar-refractivity contribution in [1.29, 1.82) is 0 Å². The number of piperidine rings is 1. The zero-order chi connectivity index (χ0) is 29.2. The van der Waals surface area contributed by atoms with Crippen LogP contribution in [0.2, 0.25) is 0 Å². The molecule has 2 aromatic carbocycles. The standard InChI is InChI=1S/C31H40N4O4S2/c1-22(2)15-27-18-39-31(21-35(27)41(37,38)28-11-9-23(3)10-12-28)13-6-14-34(20-31)17-30(36)33-26-8-5-7-25(16-26)29-19-40-24(4)32-29/h5,7-12,16,19,22,27H,6,13-15,17-18,20-21H2,1-4H3,(H,33,36)/t27-,31-/m0/s1. The number of anilines is 1. The molecule has 2 saturated heterocycles. The summed E-state index contributed by atoms with van der Waals surface area (Å²) in [5.74, 6) is 0.226. The molecule has 0 saturated carbocycles. The van der Waals surface area contributed by atoms with Gasteiger partial charge in [0.05, 0.1) is 34.3 Å². The molecule has 3 aromatic rings. The molecule has 0 unspecified atom stereocenters. The van der Waals surface area contributed by atoms with E-state index in [9.17, 15) is 13.2 Å². The van der Waals surface area contributed by atoms with Gasteiger partial charge in [-0.1, -0.05) is 43.7 Å². The highest BCUT2D eigenvalue weighted by Gasteiger charge is 2.47. The van der Waals surface area contributed by atoms with Crippen molar-refractivity contribution in [3.8, 4) is 11.3 Å². The molecule has 2 fully saturated rings. The number of hydrogen-bond donors (Lipinski definition) is 1. The van der Waals surface area contributed by atoms with Gasteiger partial charge in [-0.2, -0.15) is 4.31 Å². The Labute approximate surface area is 247 Å². The number of morpholine rings is 1. The van der Waals surface area contributed by atoms with Crippen LogP contribution in [0.25, 0.3) is 11.3 Å². The van der Waals surface area contributed by atoms with Crippen molar-refractivity contribution in [2.75, 3.05) is 38.1 Å². The van der Waals surface area contributed by atoms with Gasteiger partial charge in [0, 0.05) is 35.8 Å². The summed E-state index contributed by atoms with van der Waals surface area (Å²) in [7, 11) is -3.70. The van der Waals surface area contributed by atoms with Crippen LogP contribution in [-0.2, 0) is 19.6 Å². The van der Waals surface area contributed by atoms with Gasteiger partial charge in [0.2, 0.25) is 15.9 Å². The highest BCUT2D eigenvalue weighted by Crippen LogP contribution is 2.35. The van der Waals surface area contributed by atoms with Crippen LogP contribution in [0.5, 0.6) is 0 Å². The molecule has 5 rings (SSSR count). The Morgan fingerprint density at radius 1 is 1.17 bits per heavy atom. The number of carbonyl (C=O) groups is 1. The van der Waals surface area contributed by atoms with Gasteiger partial charge in [-0.3, -0.25) is 9.69 Å². The lowest BCUT2D eigenvalue weighted by Crippen LogP contribution is -2.64. The van der Waals surface area contributed by atoms with E-state index >= 15 is 0 Å². The minimum Gasteiger partial charge on any atom is -0.371 e. The summed E-state index contributed by atoms with van der Waals surface area (Å²) in [5.41, 5.74) is 2.96. The van der Waals surface area contributed by atoms with Crippen molar-refractivity contribution in [2.24, 2.45) is 5.92 Å². The number of ether oxygens (including phenoxy) is 1. The van der Waals surface area contributed by atoms with E-state index in [2.05, 4.69) is 29.0 Å². The van der Waals surface area contributed by atoms with Gasteiger partial charge >= 0.3 is 0 Å². The number of aryl methyl sites for hydroxylation is 2. The average Bonchev–Trinajstić information content (AvgIpc) is 3.36. The normalized spacial score (nSPS) is 22.3. The number of hydrogen-bond acceptors (Lipinski definition) is 7. The summed E-state index contributed by atoms with van der Waals surface area (Å²) in [6, 6.07) is 14.6. The third kappa shape index (κ3) is 7.06. The lowest BCUT2D eigenvalue weighted by molar-refractivity contribution is -0.146. The number of carbonyl (C=O) groups excluding carboxylic acids is 1. The van der Waals surface area contributed by atoms with Crippen molar-refractivity contribution < 1.29 is 17.9 Å². The van der Waals surface area contributed by atoms with Crippen molar-refractivity contribution in [3.05, 3.63) is 64.5 Å². The maximum absolute atomic E-state index is 13.9. The Morgan fingerprint density at radius 2 is 1.95 bits per heavy atom. The van der Waals surface area contributed by atoms with Crippen LogP contribution >= 0.6 is 11.3 Å². The first kappa shape index (κ1) is 29.8. The van der Waals surface area contributed by atoms with E-state index in [4.69, 9.17) is 4.74 Å². The molecule has 0 bridgehead atoms. The van der Waals surface area contributed by atoms with Gasteiger partial charge in [0.25, 0.3) is 0 Å². The van der Waals surface area contributed by atoms with E-state index in [1.54, 1.807) is 27.8 Å². The molecule has 0 radical (unpaired) electrons. The Morgan fingerprint density at radius 3 is 2.66 bits per heavy atom. The molecule has 1 N–H and O–H groups in total. The summed E-state index contributed by atoms with van der Waals surface area (Å²) >= 11 is 1.60. The molecular formula is C31H40N4O4S2. The van der Waals surface area contributed by atoms with E-state index in [0.717, 1.165) is 53.3 Å². The van der Waals surface area contributed by atoms with Gasteiger partial charge < -0.3 is 10.1 Å². The highest BCUT2D eigenvalue weighted by atomic mass is 32.2. The zero-order valence-corrected chi connectivity index (χ0v) is 25.9. The summed E-state index contributed by atoms with van der Waals surface area (Å²) in [5, 5.41) is 6.05. The second-order valence-corrected chi connectivity index (χ2v) is 14.8. The van der Waals surface area contributed by atoms with Crippen molar-refractivity contribution in [1.82, 2.24) is 14.2 Å². The van der Waals surface area contributed by atoms with Crippen LogP contribution in [0, 0.1) is 19.8 Å². The first-order valence-electron chi connectivity index (χ1n) is 14.3. The summed E-state index contributed by atoms with van der Waals surface area (Å²) in [6.07, 6.45) is 2.32. The van der Waals surface area contributed by atoms with Crippen LogP contribution in [0.3, 0.4) is 0 Å². The molecule has 2 atom stereocenters. The molecule has 2 aliphatic rings. The Hall–Kier alpha value is -2.63. The molecule has 10 heteroatoms. The number of nitrogens with zero attached hydrogens (tertiary/aromatic N) is 3. The van der Waals surface area contributed by atoms with Gasteiger partial charge in [-0.05, 0) is 69.8 Å². The van der Waals surface area contributed by atoms with Gasteiger partial charge in [-0.15, -0.1) is 11.3 Å². The molecule has 41 heavy (non-hydrogen) atoms. The topological polar surface area (TPSA) is 91.8 Å². The second kappa shape index (κ2) is 12.3. The third-order valence-corrected chi connectivity index (χ3v) is 10.5. The minimum absolute atomic E-state index is 0.105. The molecule has 8 nitrogen and oxygen atoms in total. The maximum Gasteiger partial charge on any atom is 0.243 e. The molecule has 2 aliphatic heterocycles. The first-order chi connectivity index (χ1) is 19.5. The Bertz CT molecular complexity index is 1470. The lowest BCUT2D eigenvalue weighted by atomic mass is 9.89. The monoisotopic (exact) mass is 596 g/mol. The van der Waals surface area contributed by atoms with Gasteiger partial charge in [-0.25, -0.2) is 13.4 Å². The molecule has 1 aromatic heterocycles. The fraction of sp³-hybridized carbons (Fsp3) is 0.484. The van der Waals surface area contributed by atoms with Crippen molar-refractivity contribution in [3.63, 3.8) is 0 Å². The zero-order valence-electron chi connectivity index (χ0n) is 24.3. The van der Waals surface area contributed by atoms with Gasteiger partial charge in [0.1, 0.15) is 0 Å². The highest BCUT2D eigenvalue weighted by molar-refractivity contribution is 7.89. The summed E-state index contributed by atoms with van der Waals surface area (Å²) in [4.78, 5) is 20.1. The number of nitrogens with one attached hydrogen (secondary N) is 1. The Balaban J connectivity index is 1.28.